The molecule has 1 atom stereocenters. The summed E-state index contributed by atoms with van der Waals surface area (Å²) < 4.78 is 12.6. The molecule has 0 aliphatic carbocycles. The van der Waals surface area contributed by atoms with Crippen LogP contribution in [0, 0.1) is 0 Å². The Morgan fingerprint density at radius 1 is 1.21 bits per heavy atom. The third-order valence-electron chi connectivity index (χ3n) is 5.16. The number of hydrogen-bond donors (Lipinski definition) is 3. The van der Waals surface area contributed by atoms with Gasteiger partial charge in [-0.3, -0.25) is 9.36 Å². The van der Waals surface area contributed by atoms with Gasteiger partial charge in [0.2, 0.25) is 0 Å². The second-order valence-electron chi connectivity index (χ2n) is 7.12. The first kappa shape index (κ1) is 24.3. The van der Waals surface area contributed by atoms with E-state index in [0.717, 1.165) is 16.6 Å². The van der Waals surface area contributed by atoms with Gasteiger partial charge in [0.25, 0.3) is 5.91 Å². The summed E-state index contributed by atoms with van der Waals surface area (Å²) in [7, 11) is 3.15. The molecule has 0 saturated heterocycles. The van der Waals surface area contributed by atoms with Gasteiger partial charge in [0.1, 0.15) is 18.0 Å². The van der Waals surface area contributed by atoms with E-state index in [1.54, 1.807) is 50.1 Å². The maximum atomic E-state index is 11.9. The van der Waals surface area contributed by atoms with Crippen LogP contribution in [-0.4, -0.2) is 41.2 Å². The Labute approximate surface area is 201 Å². The standard InChI is InChI=1S/C22H24N6O3S.ClH/c1-30-18-9-16-17(10-19(18)31-2)28(12-26-16)20-4-3-14(21(24)29)22(27-20)25-7-5-15(23)13-6-8-32-11-13;/h3-4,6,8-12,15H,5,7,23H2,1-2H3,(H2,24,29)(H,25,27);1H/t15-;/m0./s1. The summed E-state index contributed by atoms with van der Waals surface area (Å²) in [6.45, 7) is 0.531. The van der Waals surface area contributed by atoms with E-state index in [2.05, 4.69) is 15.3 Å². The molecule has 1 amide bonds. The molecule has 0 radical (unpaired) electrons. The van der Waals surface area contributed by atoms with Crippen LogP contribution in [0.1, 0.15) is 28.4 Å². The number of amides is 1. The van der Waals surface area contributed by atoms with Gasteiger partial charge in [-0.05, 0) is 40.9 Å². The lowest BCUT2D eigenvalue weighted by molar-refractivity contribution is 0.100. The molecular weight excluding hydrogens is 464 g/mol. The number of benzene rings is 1. The zero-order valence-electron chi connectivity index (χ0n) is 18.1. The molecule has 0 aliphatic rings. The van der Waals surface area contributed by atoms with Gasteiger partial charge in [-0.15, -0.1) is 12.4 Å². The van der Waals surface area contributed by atoms with Crippen LogP contribution in [0.15, 0.2) is 47.4 Å². The van der Waals surface area contributed by atoms with Crippen molar-refractivity contribution in [1.82, 2.24) is 14.5 Å². The highest BCUT2D eigenvalue weighted by atomic mass is 35.5. The highest BCUT2D eigenvalue weighted by molar-refractivity contribution is 7.07. The lowest BCUT2D eigenvalue weighted by Gasteiger charge is -2.14. The van der Waals surface area contributed by atoms with Gasteiger partial charge in [0.05, 0.1) is 30.8 Å². The molecule has 0 fully saturated rings. The molecule has 1 aromatic carbocycles. The SMILES string of the molecule is COc1cc2ncn(-c3ccc(C(N)=O)c(NCC[C@H](N)c4ccsc4)n3)c2cc1OC.Cl. The fourth-order valence-electron chi connectivity index (χ4n) is 3.43. The number of anilines is 1. The maximum Gasteiger partial charge on any atom is 0.252 e. The van der Waals surface area contributed by atoms with Crippen LogP contribution in [0.3, 0.4) is 0 Å². The number of ether oxygens (including phenoxy) is 2. The average Bonchev–Trinajstić information content (AvgIpc) is 3.47. The van der Waals surface area contributed by atoms with E-state index in [0.29, 0.717) is 41.7 Å². The number of pyridine rings is 1. The second kappa shape index (κ2) is 10.5. The molecule has 0 saturated carbocycles. The summed E-state index contributed by atoms with van der Waals surface area (Å²) in [5.41, 5.74) is 14.7. The fourth-order valence-corrected chi connectivity index (χ4v) is 4.16. The average molecular weight is 489 g/mol. The van der Waals surface area contributed by atoms with E-state index in [1.165, 1.54) is 0 Å². The maximum absolute atomic E-state index is 11.9. The van der Waals surface area contributed by atoms with Gasteiger partial charge in [-0.2, -0.15) is 11.3 Å². The summed E-state index contributed by atoms with van der Waals surface area (Å²) in [4.78, 5) is 21.0. The van der Waals surface area contributed by atoms with Gasteiger partial charge >= 0.3 is 0 Å². The zero-order chi connectivity index (χ0) is 22.7. The molecule has 0 unspecified atom stereocenters. The van der Waals surface area contributed by atoms with Crippen molar-refractivity contribution in [3.63, 3.8) is 0 Å². The van der Waals surface area contributed by atoms with Crippen molar-refractivity contribution in [2.24, 2.45) is 11.5 Å². The number of rotatable bonds is 9. The molecule has 9 nitrogen and oxygen atoms in total. The predicted molar refractivity (Wildman–Crippen MR) is 132 cm³/mol. The molecule has 0 bridgehead atoms. The van der Waals surface area contributed by atoms with E-state index < -0.39 is 5.91 Å². The quantitative estimate of drug-likeness (QED) is 0.328. The minimum Gasteiger partial charge on any atom is -0.493 e. The largest absolute Gasteiger partial charge is 0.493 e. The van der Waals surface area contributed by atoms with Crippen molar-refractivity contribution in [2.75, 3.05) is 26.1 Å². The fraction of sp³-hybridized carbons (Fsp3) is 0.227. The number of carbonyl (C=O) groups is 1. The normalized spacial score (nSPS) is 11.6. The first-order valence-corrected chi connectivity index (χ1v) is 10.9. The van der Waals surface area contributed by atoms with Crippen molar-refractivity contribution in [3.05, 3.63) is 58.5 Å². The van der Waals surface area contributed by atoms with Crippen LogP contribution >= 0.6 is 23.7 Å². The first-order chi connectivity index (χ1) is 15.5. The summed E-state index contributed by atoms with van der Waals surface area (Å²) in [5, 5.41) is 7.24. The van der Waals surface area contributed by atoms with Crippen LogP contribution < -0.4 is 26.3 Å². The number of methoxy groups -OCH3 is 2. The zero-order valence-corrected chi connectivity index (χ0v) is 19.8. The topological polar surface area (TPSA) is 130 Å². The van der Waals surface area contributed by atoms with Crippen LogP contribution in [0.25, 0.3) is 16.9 Å². The molecular formula is C22H25ClN6O3S. The Morgan fingerprint density at radius 2 is 1.97 bits per heavy atom. The number of nitrogens with one attached hydrogen (secondary N) is 1. The van der Waals surface area contributed by atoms with Gasteiger partial charge in [0.15, 0.2) is 11.5 Å². The number of nitrogens with zero attached hydrogens (tertiary/aromatic N) is 3. The lowest BCUT2D eigenvalue weighted by Crippen LogP contribution is -2.19. The smallest absolute Gasteiger partial charge is 0.252 e. The predicted octanol–water partition coefficient (Wildman–Crippen LogP) is 3.52. The molecule has 4 aromatic rings. The van der Waals surface area contributed by atoms with E-state index in [-0.39, 0.29) is 18.4 Å². The van der Waals surface area contributed by atoms with E-state index in [9.17, 15) is 4.79 Å². The van der Waals surface area contributed by atoms with Crippen molar-refractivity contribution in [2.45, 2.75) is 12.5 Å². The third-order valence-corrected chi connectivity index (χ3v) is 5.87. The monoisotopic (exact) mass is 488 g/mol. The van der Waals surface area contributed by atoms with Gasteiger partial charge in [-0.1, -0.05) is 0 Å². The molecule has 11 heteroatoms. The Morgan fingerprint density at radius 3 is 2.64 bits per heavy atom. The summed E-state index contributed by atoms with van der Waals surface area (Å²) in [6.07, 6.45) is 2.33. The number of primary amides is 1. The number of fused-ring (bicyclic) bond motifs is 1. The summed E-state index contributed by atoms with van der Waals surface area (Å²) in [6, 6.07) is 8.91. The Kier molecular flexibility index (Phi) is 7.75. The highest BCUT2D eigenvalue weighted by Crippen LogP contribution is 2.32. The van der Waals surface area contributed by atoms with E-state index in [4.69, 9.17) is 20.9 Å². The third kappa shape index (κ3) is 5.03. The summed E-state index contributed by atoms with van der Waals surface area (Å²) in [5.74, 6) is 1.59. The van der Waals surface area contributed by atoms with Crippen molar-refractivity contribution >= 4 is 46.5 Å². The second-order valence-corrected chi connectivity index (χ2v) is 7.90. The van der Waals surface area contributed by atoms with Crippen molar-refractivity contribution < 1.29 is 14.3 Å². The minimum atomic E-state index is -0.560. The molecule has 0 spiro atoms. The number of halogens is 1. The van der Waals surface area contributed by atoms with Crippen molar-refractivity contribution in [1.29, 1.82) is 0 Å². The van der Waals surface area contributed by atoms with Crippen LogP contribution in [0.4, 0.5) is 5.82 Å². The van der Waals surface area contributed by atoms with Crippen LogP contribution in [-0.2, 0) is 0 Å². The number of imidazole rings is 1. The van der Waals surface area contributed by atoms with Gasteiger partial charge < -0.3 is 26.3 Å². The molecule has 3 aromatic heterocycles. The Hall–Kier alpha value is -3.34. The van der Waals surface area contributed by atoms with Crippen molar-refractivity contribution in [3.8, 4) is 17.3 Å². The molecule has 3 heterocycles. The number of carbonyl (C=O) groups excluding carboxylic acids is 1. The van der Waals surface area contributed by atoms with Gasteiger partial charge in [-0.25, -0.2) is 9.97 Å². The highest BCUT2D eigenvalue weighted by Gasteiger charge is 2.16. The van der Waals surface area contributed by atoms with Crippen LogP contribution in [0.2, 0.25) is 0 Å². The molecule has 174 valence electrons. The van der Waals surface area contributed by atoms with E-state index in [1.807, 2.05) is 27.5 Å². The first-order valence-electron chi connectivity index (χ1n) is 9.93. The van der Waals surface area contributed by atoms with Crippen LogP contribution in [0.5, 0.6) is 11.5 Å². The lowest BCUT2D eigenvalue weighted by atomic mass is 10.1. The summed E-state index contributed by atoms with van der Waals surface area (Å²) >= 11 is 1.61. The number of nitrogens with two attached hydrogens (primary N) is 2. The molecule has 4 rings (SSSR count). The van der Waals surface area contributed by atoms with Gasteiger partial charge in [0, 0.05) is 24.7 Å². The van der Waals surface area contributed by atoms with E-state index >= 15 is 0 Å². The molecule has 5 N–H and O–H groups in total. The number of hydrogen-bond acceptors (Lipinski definition) is 8. The molecule has 33 heavy (non-hydrogen) atoms. The molecule has 0 aliphatic heterocycles. The Balaban J connectivity index is 0.00000306. The number of aromatic nitrogens is 3. The Bertz CT molecular complexity index is 1240. The minimum absolute atomic E-state index is 0. The number of thiophene rings is 1.